The highest BCUT2D eigenvalue weighted by Gasteiger charge is 2.44. The SMILES string of the molecule is CC(C)(C)OC(=O)N1C[C@H](C(C)(F)F)OC[C@@H]1Cc1ccc(Cl)cc1. The summed E-state index contributed by atoms with van der Waals surface area (Å²) in [6, 6.07) is 6.81. The van der Waals surface area contributed by atoms with Crippen molar-refractivity contribution in [1.82, 2.24) is 4.90 Å². The molecule has 0 radical (unpaired) electrons. The van der Waals surface area contributed by atoms with Gasteiger partial charge in [-0.2, -0.15) is 0 Å². The van der Waals surface area contributed by atoms with Crippen LogP contribution in [0.15, 0.2) is 24.3 Å². The third kappa shape index (κ3) is 5.82. The minimum atomic E-state index is -3.04. The van der Waals surface area contributed by atoms with E-state index in [1.807, 2.05) is 12.1 Å². The van der Waals surface area contributed by atoms with Gasteiger partial charge < -0.3 is 9.47 Å². The number of morpholine rings is 1. The second-order valence-corrected chi connectivity index (χ2v) is 7.83. The van der Waals surface area contributed by atoms with Crippen LogP contribution in [-0.4, -0.2) is 47.8 Å². The number of amides is 1. The molecule has 4 nitrogen and oxygen atoms in total. The average Bonchev–Trinajstić information content (AvgIpc) is 2.47. The number of carbonyl (C=O) groups excluding carboxylic acids is 1. The van der Waals surface area contributed by atoms with Gasteiger partial charge in [0, 0.05) is 11.9 Å². The molecule has 2 atom stereocenters. The summed E-state index contributed by atoms with van der Waals surface area (Å²) in [6.45, 7) is 5.83. The van der Waals surface area contributed by atoms with Crippen molar-refractivity contribution in [1.29, 1.82) is 0 Å². The molecular weight excluding hydrogens is 352 g/mol. The van der Waals surface area contributed by atoms with Crippen molar-refractivity contribution < 1.29 is 23.0 Å². The molecule has 0 saturated carbocycles. The molecule has 1 aliphatic rings. The third-order valence-electron chi connectivity index (χ3n) is 3.87. The van der Waals surface area contributed by atoms with Gasteiger partial charge in [-0.15, -0.1) is 0 Å². The predicted octanol–water partition coefficient (Wildman–Crippen LogP) is 4.54. The maximum absolute atomic E-state index is 13.7. The van der Waals surface area contributed by atoms with Crippen molar-refractivity contribution in [2.75, 3.05) is 13.2 Å². The zero-order chi connectivity index (χ0) is 18.8. The molecule has 0 N–H and O–H groups in total. The fourth-order valence-corrected chi connectivity index (χ4v) is 2.74. The van der Waals surface area contributed by atoms with E-state index in [4.69, 9.17) is 21.1 Å². The van der Waals surface area contributed by atoms with Gasteiger partial charge >= 0.3 is 6.09 Å². The molecule has 0 aromatic heterocycles. The fraction of sp³-hybridized carbons (Fsp3) is 0.611. The van der Waals surface area contributed by atoms with E-state index in [2.05, 4.69) is 0 Å². The van der Waals surface area contributed by atoms with Crippen LogP contribution >= 0.6 is 11.6 Å². The van der Waals surface area contributed by atoms with Crippen molar-refractivity contribution in [3.8, 4) is 0 Å². The molecule has 1 aromatic carbocycles. The molecule has 140 valence electrons. The number of benzene rings is 1. The van der Waals surface area contributed by atoms with Gasteiger partial charge in [-0.05, 0) is 44.9 Å². The predicted molar refractivity (Wildman–Crippen MR) is 92.2 cm³/mol. The summed E-state index contributed by atoms with van der Waals surface area (Å²) < 4.78 is 38.1. The van der Waals surface area contributed by atoms with Crippen molar-refractivity contribution in [2.45, 2.75) is 57.8 Å². The van der Waals surface area contributed by atoms with Crippen LogP contribution in [0.2, 0.25) is 5.02 Å². The smallest absolute Gasteiger partial charge is 0.410 e. The molecule has 1 aromatic rings. The molecular formula is C18H24ClF2NO3. The Balaban J connectivity index is 2.17. The Labute approximate surface area is 152 Å². The van der Waals surface area contributed by atoms with Gasteiger partial charge in [0.15, 0.2) is 0 Å². The van der Waals surface area contributed by atoms with E-state index < -0.39 is 23.7 Å². The Morgan fingerprint density at radius 2 is 1.88 bits per heavy atom. The number of alkyl halides is 2. The van der Waals surface area contributed by atoms with Gasteiger partial charge in [-0.3, -0.25) is 4.90 Å². The summed E-state index contributed by atoms with van der Waals surface area (Å²) in [5, 5.41) is 0.610. The molecule has 1 fully saturated rings. The van der Waals surface area contributed by atoms with Crippen LogP contribution in [0.25, 0.3) is 0 Å². The number of hydrogen-bond acceptors (Lipinski definition) is 3. The molecule has 1 amide bonds. The zero-order valence-corrected chi connectivity index (χ0v) is 15.6. The van der Waals surface area contributed by atoms with Crippen LogP contribution in [-0.2, 0) is 15.9 Å². The number of nitrogens with zero attached hydrogens (tertiary/aromatic N) is 1. The van der Waals surface area contributed by atoms with Gasteiger partial charge in [0.05, 0.1) is 19.2 Å². The highest BCUT2D eigenvalue weighted by atomic mass is 35.5. The van der Waals surface area contributed by atoms with E-state index >= 15 is 0 Å². The van der Waals surface area contributed by atoms with Crippen LogP contribution in [0.5, 0.6) is 0 Å². The summed E-state index contributed by atoms with van der Waals surface area (Å²) >= 11 is 5.88. The van der Waals surface area contributed by atoms with Crippen LogP contribution < -0.4 is 0 Å². The lowest BCUT2D eigenvalue weighted by molar-refractivity contribution is -0.167. The van der Waals surface area contributed by atoms with Gasteiger partial charge in [0.1, 0.15) is 11.7 Å². The number of carbonyl (C=O) groups is 1. The quantitative estimate of drug-likeness (QED) is 0.778. The lowest BCUT2D eigenvalue weighted by Crippen LogP contribution is -2.57. The molecule has 7 heteroatoms. The third-order valence-corrected chi connectivity index (χ3v) is 4.12. The molecule has 1 heterocycles. The van der Waals surface area contributed by atoms with Crippen molar-refractivity contribution in [2.24, 2.45) is 0 Å². The molecule has 1 aliphatic heterocycles. The van der Waals surface area contributed by atoms with Crippen molar-refractivity contribution in [3.63, 3.8) is 0 Å². The second-order valence-electron chi connectivity index (χ2n) is 7.40. The van der Waals surface area contributed by atoms with Crippen molar-refractivity contribution in [3.05, 3.63) is 34.9 Å². The summed E-state index contributed by atoms with van der Waals surface area (Å²) in [5.74, 6) is -3.04. The molecule has 25 heavy (non-hydrogen) atoms. The number of hydrogen-bond donors (Lipinski definition) is 0. The average molecular weight is 376 g/mol. The first-order valence-electron chi connectivity index (χ1n) is 8.19. The standard InChI is InChI=1S/C18H24ClF2NO3/c1-17(2,3)25-16(23)22-10-15(18(4,20)21)24-11-14(22)9-12-5-7-13(19)8-6-12/h5-8,14-15H,9-11H2,1-4H3/t14-,15+/m0/s1. The summed E-state index contributed by atoms with van der Waals surface area (Å²) in [6.07, 6.45) is -1.48. The molecule has 2 rings (SSSR count). The van der Waals surface area contributed by atoms with Crippen LogP contribution in [0.3, 0.4) is 0 Å². The summed E-state index contributed by atoms with van der Waals surface area (Å²) in [5.41, 5.74) is 0.234. The number of ether oxygens (including phenoxy) is 2. The van der Waals surface area contributed by atoms with E-state index in [9.17, 15) is 13.6 Å². The van der Waals surface area contributed by atoms with Crippen LogP contribution in [0.1, 0.15) is 33.3 Å². The maximum atomic E-state index is 13.7. The minimum absolute atomic E-state index is 0.0238. The molecule has 1 saturated heterocycles. The Bertz CT molecular complexity index is 596. The first-order chi connectivity index (χ1) is 11.5. The Morgan fingerprint density at radius 1 is 1.28 bits per heavy atom. The first kappa shape index (κ1) is 19.9. The van der Waals surface area contributed by atoms with Gasteiger partial charge in [0.2, 0.25) is 0 Å². The van der Waals surface area contributed by atoms with Gasteiger partial charge in [-0.1, -0.05) is 23.7 Å². The first-order valence-corrected chi connectivity index (χ1v) is 8.57. The Hall–Kier alpha value is -1.40. The van der Waals surface area contributed by atoms with Gasteiger partial charge in [0.25, 0.3) is 5.92 Å². The molecule has 0 bridgehead atoms. The van der Waals surface area contributed by atoms with Gasteiger partial charge in [-0.25, -0.2) is 13.6 Å². The molecule has 0 aliphatic carbocycles. The topological polar surface area (TPSA) is 38.8 Å². The normalized spacial score (nSPS) is 22.0. The van der Waals surface area contributed by atoms with E-state index in [-0.39, 0.29) is 19.2 Å². The highest BCUT2D eigenvalue weighted by Crippen LogP contribution is 2.28. The summed E-state index contributed by atoms with van der Waals surface area (Å²) in [7, 11) is 0. The Morgan fingerprint density at radius 3 is 2.40 bits per heavy atom. The fourth-order valence-electron chi connectivity index (χ4n) is 2.61. The largest absolute Gasteiger partial charge is 0.444 e. The van der Waals surface area contributed by atoms with E-state index in [1.54, 1.807) is 32.9 Å². The highest BCUT2D eigenvalue weighted by molar-refractivity contribution is 6.30. The minimum Gasteiger partial charge on any atom is -0.444 e. The number of halogens is 3. The Kier molecular flexibility index (Phi) is 5.94. The second kappa shape index (κ2) is 7.46. The van der Waals surface area contributed by atoms with Crippen LogP contribution in [0.4, 0.5) is 13.6 Å². The molecule has 0 unspecified atom stereocenters. The lowest BCUT2D eigenvalue weighted by Gasteiger charge is -2.41. The van der Waals surface area contributed by atoms with E-state index in [0.717, 1.165) is 12.5 Å². The summed E-state index contributed by atoms with van der Waals surface area (Å²) in [4.78, 5) is 13.9. The molecule has 0 spiro atoms. The van der Waals surface area contributed by atoms with E-state index in [1.165, 1.54) is 4.90 Å². The van der Waals surface area contributed by atoms with E-state index in [0.29, 0.717) is 11.4 Å². The lowest BCUT2D eigenvalue weighted by atomic mass is 10.0. The number of rotatable bonds is 3. The monoisotopic (exact) mass is 375 g/mol. The van der Waals surface area contributed by atoms with Crippen molar-refractivity contribution >= 4 is 17.7 Å². The van der Waals surface area contributed by atoms with Crippen LogP contribution in [0, 0.1) is 0 Å². The zero-order valence-electron chi connectivity index (χ0n) is 14.9. The maximum Gasteiger partial charge on any atom is 0.410 e.